The Labute approximate surface area is 210 Å². The minimum atomic E-state index is -0.769. The summed E-state index contributed by atoms with van der Waals surface area (Å²) in [6.45, 7) is 7.05. The van der Waals surface area contributed by atoms with Crippen LogP contribution in [0.3, 0.4) is 0 Å². The van der Waals surface area contributed by atoms with Crippen LogP contribution < -0.4 is 5.32 Å². The first kappa shape index (κ1) is 25.0. The molecule has 0 bridgehead atoms. The fraction of sp³-hybridized carbons (Fsp3) is 0.462. The Morgan fingerprint density at radius 2 is 2.03 bits per heavy atom. The first-order valence-electron chi connectivity index (χ1n) is 12.1. The van der Waals surface area contributed by atoms with Crippen molar-refractivity contribution in [3.63, 3.8) is 0 Å². The average molecular weight is 487 g/mol. The molecule has 10 nitrogen and oxygen atoms in total. The highest BCUT2D eigenvalue weighted by atomic mass is 16.2. The summed E-state index contributed by atoms with van der Waals surface area (Å²) >= 11 is 0. The van der Waals surface area contributed by atoms with Gasteiger partial charge in [0.15, 0.2) is 11.5 Å². The van der Waals surface area contributed by atoms with Gasteiger partial charge >= 0.3 is 0 Å². The van der Waals surface area contributed by atoms with E-state index in [4.69, 9.17) is 5.26 Å². The van der Waals surface area contributed by atoms with Crippen LogP contribution in [0.25, 0.3) is 16.0 Å². The molecular formula is C26H30N8O2. The van der Waals surface area contributed by atoms with Crippen LogP contribution in [0.4, 0.5) is 5.69 Å². The van der Waals surface area contributed by atoms with Crippen molar-refractivity contribution in [1.29, 1.82) is 5.26 Å². The molecule has 0 radical (unpaired) electrons. The number of rotatable bonds is 5. The van der Waals surface area contributed by atoms with Crippen LogP contribution in [0.2, 0.25) is 0 Å². The SMILES string of the molecule is CC(=O)N1CCC(N=[N+]=[N-])(c2ccc(NC(=O)c3nc(C#N)c[nH]3)c(C3=CCC(C)(C)CC3)c2)CC1. The number of aromatic amines is 1. The Morgan fingerprint density at radius 1 is 1.28 bits per heavy atom. The fourth-order valence-corrected chi connectivity index (χ4v) is 4.93. The molecule has 0 atom stereocenters. The quantitative estimate of drug-likeness (QED) is 0.336. The van der Waals surface area contributed by atoms with E-state index >= 15 is 0 Å². The van der Waals surface area contributed by atoms with Gasteiger partial charge in [0.2, 0.25) is 5.91 Å². The molecule has 2 N–H and O–H groups in total. The Hall–Kier alpha value is -4.09. The van der Waals surface area contributed by atoms with Gasteiger partial charge in [0.1, 0.15) is 6.07 Å². The van der Waals surface area contributed by atoms with Crippen LogP contribution in [-0.4, -0.2) is 39.8 Å². The number of allylic oxidation sites excluding steroid dienone is 2. The van der Waals surface area contributed by atoms with E-state index in [-0.39, 0.29) is 22.8 Å². The van der Waals surface area contributed by atoms with Crippen molar-refractivity contribution >= 4 is 23.1 Å². The third-order valence-corrected chi connectivity index (χ3v) is 7.30. The van der Waals surface area contributed by atoms with Crippen LogP contribution in [0.5, 0.6) is 0 Å². The van der Waals surface area contributed by atoms with Crippen molar-refractivity contribution in [3.8, 4) is 6.07 Å². The molecule has 36 heavy (non-hydrogen) atoms. The molecule has 1 fully saturated rings. The molecule has 0 saturated carbocycles. The molecule has 186 valence electrons. The molecule has 0 spiro atoms. The van der Waals surface area contributed by atoms with Gasteiger partial charge in [-0.15, -0.1) is 0 Å². The summed E-state index contributed by atoms with van der Waals surface area (Å²) in [7, 11) is 0. The van der Waals surface area contributed by atoms with Crippen LogP contribution in [-0.2, 0) is 10.3 Å². The van der Waals surface area contributed by atoms with Crippen molar-refractivity contribution in [1.82, 2.24) is 14.9 Å². The fourth-order valence-electron chi connectivity index (χ4n) is 4.93. The lowest BCUT2D eigenvalue weighted by atomic mass is 9.75. The summed E-state index contributed by atoms with van der Waals surface area (Å²) in [5.41, 5.74) is 12.5. The maximum absolute atomic E-state index is 12.9. The topological polar surface area (TPSA) is 151 Å². The van der Waals surface area contributed by atoms with E-state index in [0.717, 1.165) is 36.0 Å². The monoisotopic (exact) mass is 486 g/mol. The number of piperidine rings is 1. The lowest BCUT2D eigenvalue weighted by Gasteiger charge is -2.39. The summed E-state index contributed by atoms with van der Waals surface area (Å²) in [5, 5.41) is 16.2. The van der Waals surface area contributed by atoms with Gasteiger partial charge in [-0.3, -0.25) is 9.59 Å². The Balaban J connectivity index is 1.73. The molecule has 1 aliphatic heterocycles. The standard InChI is InChI=1S/C26H30N8O2/c1-17(35)34-12-10-26(11-13-34,32-33-28)19-4-5-22(31-24(36)23-29-16-20(15-27)30-23)21(14-19)18-6-8-25(2,3)9-7-18/h4-6,14,16H,7-13H2,1-3H3,(H,29,30)(H,31,36). The molecule has 10 heteroatoms. The number of carbonyl (C=O) groups excluding carboxylic acids is 2. The van der Waals surface area contributed by atoms with E-state index in [0.29, 0.717) is 31.6 Å². The summed E-state index contributed by atoms with van der Waals surface area (Å²) in [5.74, 6) is -0.375. The molecule has 2 aliphatic rings. The van der Waals surface area contributed by atoms with E-state index < -0.39 is 11.4 Å². The predicted molar refractivity (Wildman–Crippen MR) is 136 cm³/mol. The number of hydrogen-bond acceptors (Lipinski definition) is 5. The molecule has 0 unspecified atom stereocenters. The zero-order valence-corrected chi connectivity index (χ0v) is 20.8. The maximum atomic E-state index is 12.9. The summed E-state index contributed by atoms with van der Waals surface area (Å²) in [6, 6.07) is 7.64. The number of anilines is 1. The van der Waals surface area contributed by atoms with Crippen LogP contribution in [0.1, 0.15) is 80.3 Å². The number of carbonyl (C=O) groups is 2. The number of nitrogens with one attached hydrogen (secondary N) is 2. The normalized spacial score (nSPS) is 18.4. The van der Waals surface area contributed by atoms with Gasteiger partial charge < -0.3 is 15.2 Å². The van der Waals surface area contributed by atoms with E-state index in [2.05, 4.69) is 45.2 Å². The number of amides is 2. The number of likely N-dealkylation sites (tertiary alicyclic amines) is 1. The van der Waals surface area contributed by atoms with Crippen LogP contribution in [0, 0.1) is 16.7 Å². The third-order valence-electron chi connectivity index (χ3n) is 7.30. The van der Waals surface area contributed by atoms with Gasteiger partial charge in [0.25, 0.3) is 5.91 Å². The second-order valence-corrected chi connectivity index (χ2v) is 10.3. The molecule has 2 aromatic rings. The summed E-state index contributed by atoms with van der Waals surface area (Å²) < 4.78 is 0. The predicted octanol–water partition coefficient (Wildman–Crippen LogP) is 5.28. The zero-order valence-electron chi connectivity index (χ0n) is 20.8. The number of hydrogen-bond donors (Lipinski definition) is 2. The van der Waals surface area contributed by atoms with Gasteiger partial charge in [0, 0.05) is 42.4 Å². The van der Waals surface area contributed by atoms with Gasteiger partial charge in [-0.05, 0) is 66.3 Å². The molecule has 1 aliphatic carbocycles. The van der Waals surface area contributed by atoms with E-state index in [9.17, 15) is 15.1 Å². The molecule has 2 heterocycles. The number of benzene rings is 1. The molecule has 1 aromatic carbocycles. The highest BCUT2D eigenvalue weighted by molar-refractivity contribution is 6.03. The van der Waals surface area contributed by atoms with Gasteiger partial charge in [-0.1, -0.05) is 31.1 Å². The average Bonchev–Trinajstić information content (AvgIpc) is 3.34. The molecule has 1 aromatic heterocycles. The number of imidazole rings is 1. The highest BCUT2D eigenvalue weighted by Crippen LogP contribution is 2.43. The molecular weight excluding hydrogens is 456 g/mol. The number of nitriles is 1. The molecule has 4 rings (SSSR count). The lowest BCUT2D eigenvalue weighted by Crippen LogP contribution is -2.43. The van der Waals surface area contributed by atoms with Gasteiger partial charge in [0.05, 0.1) is 5.54 Å². The zero-order chi connectivity index (χ0) is 25.9. The first-order chi connectivity index (χ1) is 17.2. The van der Waals surface area contributed by atoms with E-state index in [1.54, 1.807) is 11.8 Å². The second-order valence-electron chi connectivity index (χ2n) is 10.3. The van der Waals surface area contributed by atoms with Crippen LogP contribution in [0.15, 0.2) is 35.6 Å². The third kappa shape index (κ3) is 5.11. The highest BCUT2D eigenvalue weighted by Gasteiger charge is 2.37. The lowest BCUT2D eigenvalue weighted by molar-refractivity contribution is -0.130. The number of H-pyrrole nitrogens is 1. The Morgan fingerprint density at radius 3 is 2.61 bits per heavy atom. The Bertz CT molecular complexity index is 1300. The molecule has 2 amide bonds. The largest absolute Gasteiger partial charge is 0.343 e. The maximum Gasteiger partial charge on any atom is 0.291 e. The number of aromatic nitrogens is 2. The van der Waals surface area contributed by atoms with E-state index in [1.165, 1.54) is 6.20 Å². The van der Waals surface area contributed by atoms with Crippen molar-refractivity contribution in [2.24, 2.45) is 10.5 Å². The van der Waals surface area contributed by atoms with Crippen molar-refractivity contribution < 1.29 is 9.59 Å². The minimum Gasteiger partial charge on any atom is -0.343 e. The van der Waals surface area contributed by atoms with E-state index in [1.807, 2.05) is 24.3 Å². The summed E-state index contributed by atoms with van der Waals surface area (Å²) in [4.78, 5) is 36.4. The first-order valence-corrected chi connectivity index (χ1v) is 12.1. The van der Waals surface area contributed by atoms with Crippen LogP contribution >= 0.6 is 0 Å². The Kier molecular flexibility index (Phi) is 6.86. The van der Waals surface area contributed by atoms with Crippen molar-refractivity contribution in [2.75, 3.05) is 18.4 Å². The van der Waals surface area contributed by atoms with Gasteiger partial charge in [-0.25, -0.2) is 4.98 Å². The number of nitrogens with zero attached hydrogens (tertiary/aromatic N) is 6. The van der Waals surface area contributed by atoms with Crippen molar-refractivity contribution in [3.05, 3.63) is 63.6 Å². The minimum absolute atomic E-state index is 0.00995. The smallest absolute Gasteiger partial charge is 0.291 e. The van der Waals surface area contributed by atoms with Gasteiger partial charge in [-0.2, -0.15) is 5.26 Å². The summed E-state index contributed by atoms with van der Waals surface area (Å²) in [6.07, 6.45) is 7.44. The number of azide groups is 1. The van der Waals surface area contributed by atoms with Crippen molar-refractivity contribution in [2.45, 2.75) is 58.4 Å². The molecule has 1 saturated heterocycles. The second kappa shape index (κ2) is 9.88.